The van der Waals surface area contributed by atoms with Crippen molar-refractivity contribution in [1.82, 2.24) is 5.32 Å². The van der Waals surface area contributed by atoms with Gasteiger partial charge in [-0.25, -0.2) is 4.79 Å². The van der Waals surface area contributed by atoms with Crippen molar-refractivity contribution >= 4 is 23.2 Å². The summed E-state index contributed by atoms with van der Waals surface area (Å²) < 4.78 is 5.09. The van der Waals surface area contributed by atoms with Crippen LogP contribution < -0.4 is 5.32 Å². The first-order valence-corrected chi connectivity index (χ1v) is 8.56. The molecule has 1 aromatic carbocycles. The number of fused-ring (bicyclic) bond motifs is 1. The minimum absolute atomic E-state index is 0.00938. The van der Waals surface area contributed by atoms with Crippen LogP contribution in [-0.4, -0.2) is 18.5 Å². The van der Waals surface area contributed by atoms with Crippen molar-refractivity contribution in [2.75, 3.05) is 6.61 Å². The van der Waals surface area contributed by atoms with Gasteiger partial charge in [0.15, 0.2) is 6.61 Å². The maximum Gasteiger partial charge on any atom is 0.348 e. The molecular weight excluding hydrogens is 310 g/mol. The summed E-state index contributed by atoms with van der Waals surface area (Å²) in [5, 5.41) is 2.97. The molecule has 5 heteroatoms. The molecule has 0 radical (unpaired) electrons. The second kappa shape index (κ2) is 6.96. The molecule has 1 heterocycles. The number of amides is 1. The van der Waals surface area contributed by atoms with E-state index in [9.17, 15) is 9.59 Å². The van der Waals surface area contributed by atoms with Crippen molar-refractivity contribution in [2.45, 2.75) is 32.2 Å². The highest BCUT2D eigenvalue weighted by atomic mass is 32.1. The van der Waals surface area contributed by atoms with Gasteiger partial charge in [-0.05, 0) is 49.4 Å². The fourth-order valence-corrected chi connectivity index (χ4v) is 3.65. The monoisotopic (exact) mass is 329 g/mol. The lowest BCUT2D eigenvalue weighted by Gasteiger charge is -2.26. The molecule has 0 bridgehead atoms. The van der Waals surface area contributed by atoms with E-state index in [1.807, 2.05) is 25.1 Å². The number of benzene rings is 1. The molecule has 4 nitrogen and oxygen atoms in total. The van der Waals surface area contributed by atoms with Gasteiger partial charge in [-0.3, -0.25) is 4.79 Å². The number of carbonyl (C=O) groups excluding carboxylic acids is 2. The van der Waals surface area contributed by atoms with Crippen LogP contribution in [0, 0.1) is 6.92 Å². The maximum absolute atomic E-state index is 12.1. The number of esters is 1. The molecule has 1 aromatic heterocycles. The lowest BCUT2D eigenvalue weighted by molar-refractivity contribution is -0.125. The molecule has 1 aliphatic rings. The summed E-state index contributed by atoms with van der Waals surface area (Å²) in [7, 11) is 0. The second-order valence-corrected chi connectivity index (χ2v) is 6.99. The van der Waals surface area contributed by atoms with Crippen LogP contribution in [0.5, 0.6) is 0 Å². The number of ether oxygens (including phenoxy) is 1. The van der Waals surface area contributed by atoms with Crippen molar-refractivity contribution in [3.8, 4) is 0 Å². The van der Waals surface area contributed by atoms with E-state index >= 15 is 0 Å². The number of aryl methyl sites for hydroxylation is 2. The number of hydrogen-bond donors (Lipinski definition) is 1. The quantitative estimate of drug-likeness (QED) is 0.875. The van der Waals surface area contributed by atoms with E-state index in [-0.39, 0.29) is 18.6 Å². The first kappa shape index (κ1) is 15.7. The van der Waals surface area contributed by atoms with Crippen LogP contribution >= 0.6 is 11.3 Å². The van der Waals surface area contributed by atoms with E-state index in [0.717, 1.165) is 24.1 Å². The Bertz CT molecular complexity index is 723. The van der Waals surface area contributed by atoms with Crippen LogP contribution in [0.1, 0.15) is 44.6 Å². The number of thiophene rings is 1. The zero-order valence-corrected chi connectivity index (χ0v) is 13.8. The number of rotatable bonds is 4. The molecule has 0 aliphatic heterocycles. The first-order valence-electron chi connectivity index (χ1n) is 7.74. The summed E-state index contributed by atoms with van der Waals surface area (Å²) in [4.78, 5) is 25.5. The molecule has 0 spiro atoms. The highest BCUT2D eigenvalue weighted by Crippen LogP contribution is 2.29. The Morgan fingerprint density at radius 2 is 2.09 bits per heavy atom. The lowest BCUT2D eigenvalue weighted by atomic mass is 9.88. The third-order valence-electron chi connectivity index (χ3n) is 3.98. The highest BCUT2D eigenvalue weighted by molar-refractivity contribution is 7.13. The number of carbonyl (C=O) groups is 2. The van der Waals surface area contributed by atoms with Gasteiger partial charge in [0.2, 0.25) is 0 Å². The van der Waals surface area contributed by atoms with E-state index in [1.54, 1.807) is 6.07 Å². The maximum atomic E-state index is 12.1. The van der Waals surface area contributed by atoms with Crippen LogP contribution in [0.2, 0.25) is 0 Å². The fraction of sp³-hybridized carbons (Fsp3) is 0.333. The van der Waals surface area contributed by atoms with Gasteiger partial charge in [0, 0.05) is 4.88 Å². The molecule has 0 fully saturated rings. The van der Waals surface area contributed by atoms with Gasteiger partial charge in [0.1, 0.15) is 4.88 Å². The third-order valence-corrected chi connectivity index (χ3v) is 4.96. The molecule has 1 unspecified atom stereocenters. The van der Waals surface area contributed by atoms with E-state index in [2.05, 4.69) is 17.4 Å². The van der Waals surface area contributed by atoms with Crippen LogP contribution in [-0.2, 0) is 16.0 Å². The van der Waals surface area contributed by atoms with E-state index in [0.29, 0.717) is 4.88 Å². The molecule has 0 saturated carbocycles. The number of nitrogens with one attached hydrogen (secondary N) is 1. The lowest BCUT2D eigenvalue weighted by Crippen LogP contribution is -2.34. The Balaban J connectivity index is 1.55. The highest BCUT2D eigenvalue weighted by Gasteiger charge is 2.22. The largest absolute Gasteiger partial charge is 0.451 e. The third kappa shape index (κ3) is 3.79. The van der Waals surface area contributed by atoms with Crippen molar-refractivity contribution < 1.29 is 14.3 Å². The SMILES string of the molecule is Cc1ccc(C(=O)OCC(=O)NC2CCCc3ccccc32)s1. The van der Waals surface area contributed by atoms with Crippen molar-refractivity contribution in [1.29, 1.82) is 0 Å². The van der Waals surface area contributed by atoms with Crippen LogP contribution in [0.25, 0.3) is 0 Å². The van der Waals surface area contributed by atoms with Crippen LogP contribution in [0.3, 0.4) is 0 Å². The minimum Gasteiger partial charge on any atom is -0.451 e. The van der Waals surface area contributed by atoms with E-state index in [1.165, 1.54) is 22.5 Å². The predicted octanol–water partition coefficient (Wildman–Crippen LogP) is 3.41. The summed E-state index contributed by atoms with van der Waals surface area (Å²) in [5.41, 5.74) is 2.46. The minimum atomic E-state index is -0.442. The topological polar surface area (TPSA) is 55.4 Å². The smallest absolute Gasteiger partial charge is 0.348 e. The average Bonchev–Trinajstić information content (AvgIpc) is 2.99. The predicted molar refractivity (Wildman–Crippen MR) is 89.6 cm³/mol. The molecular formula is C18H19NO3S. The summed E-state index contributed by atoms with van der Waals surface area (Å²) in [6.45, 7) is 1.68. The summed E-state index contributed by atoms with van der Waals surface area (Å²) >= 11 is 1.37. The molecule has 1 N–H and O–H groups in total. The summed E-state index contributed by atoms with van der Waals surface area (Å²) in [6, 6.07) is 11.8. The zero-order valence-electron chi connectivity index (χ0n) is 13.0. The molecule has 1 aliphatic carbocycles. The van der Waals surface area contributed by atoms with E-state index < -0.39 is 5.97 Å². The second-order valence-electron chi connectivity index (χ2n) is 5.70. The molecule has 3 rings (SSSR count). The summed E-state index contributed by atoms with van der Waals surface area (Å²) in [6.07, 6.45) is 3.02. The Morgan fingerprint density at radius 1 is 1.26 bits per heavy atom. The molecule has 2 aromatic rings. The normalized spacial score (nSPS) is 16.5. The Labute approximate surface area is 139 Å². The zero-order chi connectivity index (χ0) is 16.2. The van der Waals surface area contributed by atoms with Crippen LogP contribution in [0.15, 0.2) is 36.4 Å². The fourth-order valence-electron chi connectivity index (χ4n) is 2.89. The van der Waals surface area contributed by atoms with Gasteiger partial charge in [0.25, 0.3) is 5.91 Å². The van der Waals surface area contributed by atoms with Crippen molar-refractivity contribution in [2.24, 2.45) is 0 Å². The first-order chi connectivity index (χ1) is 11.1. The Kier molecular flexibility index (Phi) is 4.76. The van der Waals surface area contributed by atoms with Gasteiger partial charge in [-0.1, -0.05) is 24.3 Å². The van der Waals surface area contributed by atoms with Crippen LogP contribution in [0.4, 0.5) is 0 Å². The molecule has 1 amide bonds. The molecule has 1 atom stereocenters. The van der Waals surface area contributed by atoms with Gasteiger partial charge in [-0.15, -0.1) is 11.3 Å². The van der Waals surface area contributed by atoms with Crippen molar-refractivity contribution in [3.63, 3.8) is 0 Å². The summed E-state index contributed by atoms with van der Waals surface area (Å²) in [5.74, 6) is -0.698. The molecule has 120 valence electrons. The molecule has 0 saturated heterocycles. The molecule has 23 heavy (non-hydrogen) atoms. The van der Waals surface area contributed by atoms with Gasteiger partial charge < -0.3 is 10.1 Å². The van der Waals surface area contributed by atoms with Crippen molar-refractivity contribution in [3.05, 3.63) is 57.3 Å². The van der Waals surface area contributed by atoms with E-state index in [4.69, 9.17) is 4.74 Å². The average molecular weight is 329 g/mol. The van der Waals surface area contributed by atoms with Gasteiger partial charge in [0.05, 0.1) is 6.04 Å². The Morgan fingerprint density at radius 3 is 2.87 bits per heavy atom. The standard InChI is InChI=1S/C18H19NO3S/c1-12-9-10-16(23-12)18(21)22-11-17(20)19-15-8-4-6-13-5-2-3-7-14(13)15/h2-3,5,7,9-10,15H,4,6,8,11H2,1H3,(H,19,20). The van der Waals surface area contributed by atoms with Gasteiger partial charge in [-0.2, -0.15) is 0 Å². The Hall–Kier alpha value is -2.14. The van der Waals surface area contributed by atoms with Gasteiger partial charge >= 0.3 is 5.97 Å². The number of hydrogen-bond acceptors (Lipinski definition) is 4.